The summed E-state index contributed by atoms with van der Waals surface area (Å²) in [5.74, 6) is 0.431. The molecule has 20 heavy (non-hydrogen) atoms. The van der Waals surface area contributed by atoms with Crippen molar-refractivity contribution < 1.29 is 13.9 Å². The van der Waals surface area contributed by atoms with Crippen LogP contribution in [0.15, 0.2) is 46.9 Å². The Morgan fingerprint density at radius 2 is 1.90 bits per heavy atom. The van der Waals surface area contributed by atoms with Gasteiger partial charge in [-0.15, -0.1) is 0 Å². The summed E-state index contributed by atoms with van der Waals surface area (Å²) in [4.78, 5) is 12.0. The Kier molecular flexibility index (Phi) is 4.90. The van der Waals surface area contributed by atoms with E-state index in [4.69, 9.17) is 4.74 Å². The predicted molar refractivity (Wildman–Crippen MR) is 79.7 cm³/mol. The molecule has 2 aromatic carbocycles. The van der Waals surface area contributed by atoms with Crippen molar-refractivity contribution in [3.05, 3.63) is 63.9 Å². The van der Waals surface area contributed by atoms with Crippen molar-refractivity contribution in [2.75, 3.05) is 7.11 Å². The number of aryl methyl sites for hydroxylation is 1. The van der Waals surface area contributed by atoms with Gasteiger partial charge in [-0.3, -0.25) is 4.79 Å². The zero-order chi connectivity index (χ0) is 14.5. The number of halogens is 2. The number of ether oxygens (including phenoxy) is 1. The van der Waals surface area contributed by atoms with Gasteiger partial charge in [0.1, 0.15) is 11.6 Å². The maximum atomic E-state index is 13.1. The molecule has 0 spiro atoms. The number of ketones is 1. The van der Waals surface area contributed by atoms with Crippen LogP contribution < -0.4 is 4.74 Å². The molecule has 0 aliphatic rings. The Labute approximate surface area is 125 Å². The minimum Gasteiger partial charge on any atom is -0.497 e. The van der Waals surface area contributed by atoms with Crippen molar-refractivity contribution in [3.8, 4) is 5.75 Å². The summed E-state index contributed by atoms with van der Waals surface area (Å²) >= 11 is 3.09. The third-order valence-electron chi connectivity index (χ3n) is 3.04. The van der Waals surface area contributed by atoms with Crippen LogP contribution in [0.2, 0.25) is 0 Å². The summed E-state index contributed by atoms with van der Waals surface area (Å²) in [6.07, 6.45) is 1.04. The van der Waals surface area contributed by atoms with Gasteiger partial charge in [0.15, 0.2) is 5.78 Å². The highest BCUT2D eigenvalue weighted by Gasteiger charge is 2.09. The maximum absolute atomic E-state index is 13.1. The highest BCUT2D eigenvalue weighted by atomic mass is 79.9. The summed E-state index contributed by atoms with van der Waals surface area (Å²) in [5.41, 5.74) is 1.59. The molecule has 0 amide bonds. The number of hydrogen-bond donors (Lipinski definition) is 0. The smallest absolute Gasteiger partial charge is 0.163 e. The molecule has 4 heteroatoms. The summed E-state index contributed by atoms with van der Waals surface area (Å²) in [6.45, 7) is 0. The van der Waals surface area contributed by atoms with Crippen molar-refractivity contribution in [1.82, 2.24) is 0 Å². The number of rotatable bonds is 5. The molecule has 0 N–H and O–H groups in total. The average Bonchev–Trinajstić information content (AvgIpc) is 2.48. The van der Waals surface area contributed by atoms with E-state index in [1.807, 2.05) is 24.3 Å². The van der Waals surface area contributed by atoms with Gasteiger partial charge in [0.05, 0.1) is 11.6 Å². The zero-order valence-electron chi connectivity index (χ0n) is 11.0. The largest absolute Gasteiger partial charge is 0.497 e. The second-order valence-electron chi connectivity index (χ2n) is 4.40. The van der Waals surface area contributed by atoms with Crippen LogP contribution in [0.4, 0.5) is 4.39 Å². The molecule has 0 fully saturated rings. The van der Waals surface area contributed by atoms with Gasteiger partial charge in [0.25, 0.3) is 0 Å². The third kappa shape index (κ3) is 3.67. The van der Waals surface area contributed by atoms with Crippen molar-refractivity contribution in [1.29, 1.82) is 0 Å². The van der Waals surface area contributed by atoms with Crippen LogP contribution in [0.5, 0.6) is 5.75 Å². The van der Waals surface area contributed by atoms with Gasteiger partial charge >= 0.3 is 0 Å². The van der Waals surface area contributed by atoms with Crippen LogP contribution in [0.25, 0.3) is 0 Å². The fourth-order valence-corrected chi connectivity index (χ4v) is 2.24. The van der Waals surface area contributed by atoms with Crippen molar-refractivity contribution >= 4 is 21.7 Å². The van der Waals surface area contributed by atoms with Gasteiger partial charge < -0.3 is 4.74 Å². The first-order valence-electron chi connectivity index (χ1n) is 6.21. The molecule has 0 radical (unpaired) electrons. The number of Topliss-reactive ketones (excluding diaryl/α,β-unsaturated/α-hetero) is 1. The molecule has 0 atom stereocenters. The molecule has 0 aliphatic heterocycles. The van der Waals surface area contributed by atoms with Crippen LogP contribution in [0.1, 0.15) is 22.3 Å². The molecule has 0 unspecified atom stereocenters. The molecule has 104 valence electrons. The molecular weight excluding hydrogens is 323 g/mol. The monoisotopic (exact) mass is 336 g/mol. The second kappa shape index (κ2) is 6.66. The lowest BCUT2D eigenvalue weighted by atomic mass is 10.0. The first kappa shape index (κ1) is 14.7. The Morgan fingerprint density at radius 1 is 1.20 bits per heavy atom. The molecule has 0 bridgehead atoms. The molecule has 2 aromatic rings. The summed E-state index contributed by atoms with van der Waals surface area (Å²) in [6, 6.07) is 11.9. The minimum absolute atomic E-state index is 0.00141. The lowest BCUT2D eigenvalue weighted by Gasteiger charge is -2.04. The maximum Gasteiger partial charge on any atom is 0.163 e. The summed E-state index contributed by atoms with van der Waals surface area (Å²) in [5, 5.41) is 0. The number of hydrogen-bond acceptors (Lipinski definition) is 2. The fourth-order valence-electron chi connectivity index (χ4n) is 1.86. The van der Waals surface area contributed by atoms with Gasteiger partial charge in [-0.05, 0) is 58.2 Å². The molecular formula is C16H14BrFO2. The Bertz CT molecular complexity index is 608. The van der Waals surface area contributed by atoms with Gasteiger partial charge in [0, 0.05) is 12.0 Å². The average molecular weight is 337 g/mol. The summed E-state index contributed by atoms with van der Waals surface area (Å²) in [7, 11) is 1.62. The highest BCUT2D eigenvalue weighted by molar-refractivity contribution is 9.10. The molecule has 0 aliphatic carbocycles. The van der Waals surface area contributed by atoms with E-state index < -0.39 is 0 Å². The molecule has 0 saturated heterocycles. The number of carbonyl (C=O) groups excluding carboxylic acids is 1. The van der Waals surface area contributed by atoms with Crippen LogP contribution in [0.3, 0.4) is 0 Å². The van der Waals surface area contributed by atoms with Crippen LogP contribution >= 0.6 is 15.9 Å². The van der Waals surface area contributed by atoms with E-state index in [9.17, 15) is 9.18 Å². The fraction of sp³-hybridized carbons (Fsp3) is 0.188. The number of carbonyl (C=O) groups is 1. The highest BCUT2D eigenvalue weighted by Crippen LogP contribution is 2.19. The topological polar surface area (TPSA) is 26.3 Å². The van der Waals surface area contributed by atoms with E-state index in [2.05, 4.69) is 15.9 Å². The Hall–Kier alpha value is -1.68. The van der Waals surface area contributed by atoms with Gasteiger partial charge in [0.2, 0.25) is 0 Å². The van der Waals surface area contributed by atoms with E-state index in [1.165, 1.54) is 18.2 Å². The first-order valence-corrected chi connectivity index (χ1v) is 7.00. The molecule has 2 nitrogen and oxygen atoms in total. The number of benzene rings is 2. The number of methoxy groups -OCH3 is 1. The van der Waals surface area contributed by atoms with E-state index in [1.54, 1.807) is 7.11 Å². The normalized spacial score (nSPS) is 10.3. The van der Waals surface area contributed by atoms with Crippen LogP contribution in [0, 0.1) is 5.82 Å². The van der Waals surface area contributed by atoms with E-state index in [-0.39, 0.29) is 11.6 Å². The molecule has 0 saturated carbocycles. The zero-order valence-corrected chi connectivity index (χ0v) is 12.6. The van der Waals surface area contributed by atoms with Crippen molar-refractivity contribution in [2.24, 2.45) is 0 Å². The minimum atomic E-state index is -0.364. The van der Waals surface area contributed by atoms with E-state index >= 15 is 0 Å². The van der Waals surface area contributed by atoms with E-state index in [0.29, 0.717) is 22.9 Å². The van der Waals surface area contributed by atoms with Crippen LogP contribution in [-0.2, 0) is 6.42 Å². The second-order valence-corrected chi connectivity index (χ2v) is 5.25. The van der Waals surface area contributed by atoms with Gasteiger partial charge in [-0.1, -0.05) is 12.1 Å². The quantitative estimate of drug-likeness (QED) is 0.756. The standard InChI is InChI=1S/C16H14BrFO2/c1-20-13-6-2-11(3-7-13)4-9-16(19)12-5-8-15(18)14(17)10-12/h2-3,5-8,10H,4,9H2,1H3. The van der Waals surface area contributed by atoms with Gasteiger partial charge in [-0.2, -0.15) is 0 Å². The van der Waals surface area contributed by atoms with Crippen LogP contribution in [-0.4, -0.2) is 12.9 Å². The van der Waals surface area contributed by atoms with Crippen molar-refractivity contribution in [2.45, 2.75) is 12.8 Å². The molecule has 2 rings (SSSR count). The van der Waals surface area contributed by atoms with Crippen molar-refractivity contribution in [3.63, 3.8) is 0 Å². The molecule has 0 heterocycles. The Morgan fingerprint density at radius 3 is 2.50 bits per heavy atom. The summed E-state index contributed by atoms with van der Waals surface area (Å²) < 4.78 is 18.5. The SMILES string of the molecule is COc1ccc(CCC(=O)c2ccc(F)c(Br)c2)cc1. The van der Waals surface area contributed by atoms with Gasteiger partial charge in [-0.25, -0.2) is 4.39 Å². The predicted octanol–water partition coefficient (Wildman–Crippen LogP) is 4.41. The Balaban J connectivity index is 1.98. The molecule has 0 aromatic heterocycles. The third-order valence-corrected chi connectivity index (χ3v) is 3.65. The lowest BCUT2D eigenvalue weighted by molar-refractivity contribution is 0.0982. The van der Waals surface area contributed by atoms with E-state index in [0.717, 1.165) is 11.3 Å². The first-order chi connectivity index (χ1) is 9.60. The lowest BCUT2D eigenvalue weighted by Crippen LogP contribution is -2.01.